The van der Waals surface area contributed by atoms with E-state index >= 15 is 0 Å². The minimum atomic E-state index is -1.45. The van der Waals surface area contributed by atoms with E-state index in [0.29, 0.717) is 9.92 Å². The molecule has 5 atom stereocenters. The number of rotatable bonds is 6. The largest absolute Gasteiger partial charge is 0.422 e. The van der Waals surface area contributed by atoms with Gasteiger partial charge in [-0.25, -0.2) is 13.6 Å². The SMILES string of the molecule is O=c1oc2ccc(F)c(F)c2cc1COC1C(O)[C@@H](Sc2ccc(Cl)c(Cl)c2)O[C@H](CO)[C@@H]1O. The van der Waals surface area contributed by atoms with Crippen molar-refractivity contribution in [3.8, 4) is 0 Å². The van der Waals surface area contributed by atoms with Gasteiger partial charge < -0.3 is 29.2 Å². The van der Waals surface area contributed by atoms with Crippen LogP contribution in [0.3, 0.4) is 0 Å². The summed E-state index contributed by atoms with van der Waals surface area (Å²) in [5, 5.41) is 31.3. The van der Waals surface area contributed by atoms with Crippen LogP contribution in [-0.2, 0) is 16.1 Å². The van der Waals surface area contributed by atoms with Gasteiger partial charge in [0, 0.05) is 4.90 Å². The van der Waals surface area contributed by atoms with Gasteiger partial charge in [0.1, 0.15) is 35.4 Å². The van der Waals surface area contributed by atoms with Crippen LogP contribution >= 0.6 is 35.0 Å². The van der Waals surface area contributed by atoms with E-state index in [1.165, 1.54) is 0 Å². The lowest BCUT2D eigenvalue weighted by molar-refractivity contribution is -0.223. The lowest BCUT2D eigenvalue weighted by Crippen LogP contribution is -2.58. The lowest BCUT2D eigenvalue weighted by atomic mass is 10.00. The van der Waals surface area contributed by atoms with E-state index in [2.05, 4.69) is 0 Å². The topological polar surface area (TPSA) is 109 Å². The third kappa shape index (κ3) is 5.09. The number of aliphatic hydroxyl groups excluding tert-OH is 3. The summed E-state index contributed by atoms with van der Waals surface area (Å²) in [6.45, 7) is -1.07. The van der Waals surface area contributed by atoms with E-state index in [4.69, 9.17) is 37.1 Å². The van der Waals surface area contributed by atoms with E-state index in [1.807, 2.05) is 0 Å². The Labute approximate surface area is 205 Å². The predicted octanol–water partition coefficient (Wildman–Crippen LogP) is 3.49. The average Bonchev–Trinajstić information content (AvgIpc) is 2.81. The van der Waals surface area contributed by atoms with Crippen molar-refractivity contribution in [2.24, 2.45) is 0 Å². The van der Waals surface area contributed by atoms with Crippen molar-refractivity contribution in [1.82, 2.24) is 0 Å². The van der Waals surface area contributed by atoms with Crippen LogP contribution < -0.4 is 5.63 Å². The van der Waals surface area contributed by atoms with Gasteiger partial charge in [0.25, 0.3) is 0 Å². The summed E-state index contributed by atoms with van der Waals surface area (Å²) in [6, 6.07) is 7.83. The molecule has 7 nitrogen and oxygen atoms in total. The Morgan fingerprint density at radius 2 is 1.82 bits per heavy atom. The van der Waals surface area contributed by atoms with Gasteiger partial charge in [-0.3, -0.25) is 0 Å². The van der Waals surface area contributed by atoms with Crippen LogP contribution in [-0.4, -0.2) is 51.8 Å². The molecule has 0 saturated carbocycles. The third-order valence-electron chi connectivity index (χ3n) is 5.27. The fraction of sp³-hybridized carbons (Fsp3) is 0.318. The van der Waals surface area contributed by atoms with Crippen molar-refractivity contribution in [3.05, 3.63) is 74.1 Å². The molecule has 12 heteroatoms. The third-order valence-corrected chi connectivity index (χ3v) is 7.16. The molecule has 1 aliphatic heterocycles. The number of aliphatic hydroxyl groups is 3. The minimum Gasteiger partial charge on any atom is -0.422 e. The Bertz CT molecular complexity index is 1260. The van der Waals surface area contributed by atoms with E-state index in [-0.39, 0.29) is 21.6 Å². The molecule has 0 spiro atoms. The van der Waals surface area contributed by atoms with Crippen LogP contribution in [0.4, 0.5) is 8.78 Å². The number of hydrogen-bond donors (Lipinski definition) is 3. The Balaban J connectivity index is 1.56. The molecule has 2 aromatic carbocycles. The summed E-state index contributed by atoms with van der Waals surface area (Å²) in [4.78, 5) is 12.9. The van der Waals surface area contributed by atoms with Gasteiger partial charge in [-0.05, 0) is 36.4 Å². The molecule has 2 heterocycles. The summed E-state index contributed by atoms with van der Waals surface area (Å²) in [5.74, 6) is -2.30. The molecule has 4 rings (SSSR count). The summed E-state index contributed by atoms with van der Waals surface area (Å²) >= 11 is 13.0. The van der Waals surface area contributed by atoms with Crippen molar-refractivity contribution >= 4 is 45.9 Å². The van der Waals surface area contributed by atoms with Gasteiger partial charge in [0.05, 0.1) is 34.2 Å². The summed E-state index contributed by atoms with van der Waals surface area (Å²) < 4.78 is 43.9. The Kier molecular flexibility index (Phi) is 7.80. The van der Waals surface area contributed by atoms with Crippen molar-refractivity contribution in [1.29, 1.82) is 0 Å². The first-order valence-electron chi connectivity index (χ1n) is 9.96. The highest BCUT2D eigenvalue weighted by molar-refractivity contribution is 7.99. The highest BCUT2D eigenvalue weighted by Crippen LogP contribution is 2.37. The second-order valence-corrected chi connectivity index (χ2v) is 9.49. The maximum Gasteiger partial charge on any atom is 0.341 e. The smallest absolute Gasteiger partial charge is 0.341 e. The van der Waals surface area contributed by atoms with Crippen LogP contribution in [0.1, 0.15) is 5.56 Å². The molecule has 3 N–H and O–H groups in total. The molecule has 1 aliphatic rings. The monoisotopic (exact) mass is 534 g/mol. The predicted molar refractivity (Wildman–Crippen MR) is 121 cm³/mol. The number of benzene rings is 2. The molecule has 1 saturated heterocycles. The van der Waals surface area contributed by atoms with Gasteiger partial charge in [-0.2, -0.15) is 0 Å². The second kappa shape index (κ2) is 10.5. The Morgan fingerprint density at radius 3 is 2.53 bits per heavy atom. The van der Waals surface area contributed by atoms with Crippen LogP contribution in [0, 0.1) is 11.6 Å². The van der Waals surface area contributed by atoms with E-state index in [0.717, 1.165) is 30.0 Å². The molecule has 0 aliphatic carbocycles. The zero-order chi connectivity index (χ0) is 24.6. The van der Waals surface area contributed by atoms with Crippen molar-refractivity contribution in [2.45, 2.75) is 41.4 Å². The van der Waals surface area contributed by atoms with Crippen LogP contribution in [0.2, 0.25) is 10.0 Å². The normalized spacial score (nSPS) is 25.1. The molecule has 0 amide bonds. The Morgan fingerprint density at radius 1 is 1.06 bits per heavy atom. The van der Waals surface area contributed by atoms with Crippen molar-refractivity contribution < 1.29 is 38.0 Å². The fourth-order valence-corrected chi connectivity index (χ4v) is 4.95. The molecule has 182 valence electrons. The first-order chi connectivity index (χ1) is 16.2. The molecule has 34 heavy (non-hydrogen) atoms. The zero-order valence-corrected chi connectivity index (χ0v) is 19.5. The zero-order valence-electron chi connectivity index (χ0n) is 17.2. The molecular weight excluding hydrogens is 517 g/mol. The van der Waals surface area contributed by atoms with E-state index in [1.54, 1.807) is 18.2 Å². The van der Waals surface area contributed by atoms with Gasteiger partial charge in [0.15, 0.2) is 11.6 Å². The van der Waals surface area contributed by atoms with Crippen molar-refractivity contribution in [3.63, 3.8) is 0 Å². The van der Waals surface area contributed by atoms with Crippen molar-refractivity contribution in [2.75, 3.05) is 6.61 Å². The first-order valence-corrected chi connectivity index (χ1v) is 11.6. The quantitative estimate of drug-likeness (QED) is 0.412. The number of fused-ring (bicyclic) bond motifs is 1. The number of hydrogen-bond acceptors (Lipinski definition) is 8. The summed E-state index contributed by atoms with van der Waals surface area (Å²) in [5.41, 5.74) is -2.13. The van der Waals surface area contributed by atoms with Crippen LogP contribution in [0.15, 0.2) is 50.5 Å². The molecular formula is C22H18Cl2F2O7S. The summed E-state index contributed by atoms with van der Waals surface area (Å²) in [6.07, 6.45) is -5.25. The summed E-state index contributed by atoms with van der Waals surface area (Å²) in [7, 11) is 0. The van der Waals surface area contributed by atoms with Crippen LogP contribution in [0.25, 0.3) is 11.0 Å². The van der Waals surface area contributed by atoms with Gasteiger partial charge >= 0.3 is 5.63 Å². The van der Waals surface area contributed by atoms with E-state index in [9.17, 15) is 28.9 Å². The fourth-order valence-electron chi connectivity index (χ4n) is 3.49. The lowest BCUT2D eigenvalue weighted by Gasteiger charge is -2.41. The van der Waals surface area contributed by atoms with Crippen LogP contribution in [0.5, 0.6) is 0 Å². The highest BCUT2D eigenvalue weighted by atomic mass is 35.5. The van der Waals surface area contributed by atoms with E-state index < -0.39 is 60.3 Å². The Hall–Kier alpha value is -1.76. The number of ether oxygens (including phenoxy) is 2. The maximum atomic E-state index is 14.1. The standard InChI is InChI=1S/C22H18Cl2F2O7S/c23-12-2-1-10(6-13(12)24)34-22-19(29)20(18(28)16(7-27)33-22)31-8-9-5-11-15(32-21(9)30)4-3-14(25)17(11)26/h1-6,16,18-20,22,27-29H,7-8H2/t16-,18+,19?,20?,22-/m1/s1. The number of halogens is 4. The number of thioether (sulfide) groups is 1. The van der Waals surface area contributed by atoms with Gasteiger partial charge in [0.2, 0.25) is 0 Å². The average molecular weight is 535 g/mol. The van der Waals surface area contributed by atoms with Gasteiger partial charge in [-0.1, -0.05) is 35.0 Å². The minimum absolute atomic E-state index is 0.141. The first kappa shape index (κ1) is 25.3. The maximum absolute atomic E-state index is 14.1. The molecule has 3 aromatic rings. The second-order valence-electron chi connectivity index (χ2n) is 7.51. The highest BCUT2D eigenvalue weighted by Gasteiger charge is 2.45. The molecule has 2 unspecified atom stereocenters. The molecule has 0 radical (unpaired) electrons. The molecule has 1 aromatic heterocycles. The molecule has 1 fully saturated rings. The van der Waals surface area contributed by atoms with Gasteiger partial charge in [-0.15, -0.1) is 0 Å². The molecule has 0 bridgehead atoms.